The molecule has 2 amide bonds. The first kappa shape index (κ1) is 21.3. The Morgan fingerprint density at radius 3 is 2.55 bits per heavy atom. The van der Waals surface area contributed by atoms with Gasteiger partial charge in [-0.15, -0.1) is 0 Å². The van der Waals surface area contributed by atoms with E-state index < -0.39 is 5.25 Å². The summed E-state index contributed by atoms with van der Waals surface area (Å²) in [6.45, 7) is 7.99. The van der Waals surface area contributed by atoms with Crippen LogP contribution in [-0.4, -0.2) is 39.0 Å². The number of thioether (sulfide) groups is 1. The maximum atomic E-state index is 12.9. The van der Waals surface area contributed by atoms with E-state index in [2.05, 4.69) is 24.2 Å². The van der Waals surface area contributed by atoms with Crippen molar-refractivity contribution < 1.29 is 9.59 Å². The molecule has 0 aromatic heterocycles. The summed E-state index contributed by atoms with van der Waals surface area (Å²) in [5.41, 5.74) is 3.42. The van der Waals surface area contributed by atoms with Crippen molar-refractivity contribution in [3.63, 3.8) is 0 Å². The molecule has 0 radical (unpaired) electrons. The normalized spacial score (nSPS) is 18.3. The molecule has 1 N–H and O–H groups in total. The summed E-state index contributed by atoms with van der Waals surface area (Å²) in [4.78, 5) is 36.8. The Morgan fingerprint density at radius 1 is 1.10 bits per heavy atom. The van der Waals surface area contributed by atoms with Crippen LogP contribution in [0.25, 0.3) is 0 Å². The lowest BCUT2D eigenvalue weighted by molar-refractivity contribution is -0.120. The number of fused-ring (bicyclic) bond motifs is 3. The van der Waals surface area contributed by atoms with Gasteiger partial charge in [0.2, 0.25) is 5.91 Å². The zero-order chi connectivity index (χ0) is 22.1. The summed E-state index contributed by atoms with van der Waals surface area (Å²) < 4.78 is 0. The van der Waals surface area contributed by atoms with Crippen LogP contribution in [0.2, 0.25) is 0 Å². The fourth-order valence-corrected chi connectivity index (χ4v) is 4.68. The molecule has 2 atom stereocenters. The zero-order valence-electron chi connectivity index (χ0n) is 18.1. The van der Waals surface area contributed by atoms with Gasteiger partial charge in [-0.3, -0.25) is 14.5 Å². The summed E-state index contributed by atoms with van der Waals surface area (Å²) in [5, 5.41) is 3.24. The molecule has 0 aliphatic carbocycles. The molecular formula is C24H26N4O2S. The van der Waals surface area contributed by atoms with Gasteiger partial charge < -0.3 is 5.32 Å². The Morgan fingerprint density at radius 2 is 1.81 bits per heavy atom. The highest BCUT2D eigenvalue weighted by Crippen LogP contribution is 2.36. The van der Waals surface area contributed by atoms with Crippen molar-refractivity contribution in [3.8, 4) is 0 Å². The van der Waals surface area contributed by atoms with E-state index in [0.717, 1.165) is 22.5 Å². The van der Waals surface area contributed by atoms with E-state index in [-0.39, 0.29) is 17.9 Å². The van der Waals surface area contributed by atoms with Gasteiger partial charge in [-0.05, 0) is 49.9 Å². The van der Waals surface area contributed by atoms with Crippen molar-refractivity contribution in [2.75, 3.05) is 5.32 Å². The fourth-order valence-electron chi connectivity index (χ4n) is 3.72. The maximum Gasteiger partial charge on any atom is 0.270 e. The van der Waals surface area contributed by atoms with Crippen LogP contribution in [0.3, 0.4) is 0 Å². The van der Waals surface area contributed by atoms with Crippen LogP contribution in [0.5, 0.6) is 0 Å². The minimum Gasteiger partial charge on any atom is -0.325 e. The van der Waals surface area contributed by atoms with Crippen LogP contribution in [0.1, 0.15) is 38.3 Å². The predicted molar refractivity (Wildman–Crippen MR) is 127 cm³/mol. The second kappa shape index (κ2) is 8.67. The number of para-hydroxylation sites is 2. The minimum atomic E-state index is -0.403. The van der Waals surface area contributed by atoms with Crippen LogP contribution in [0.15, 0.2) is 58.5 Å². The quantitative estimate of drug-likeness (QED) is 0.736. The molecule has 0 saturated carbocycles. The van der Waals surface area contributed by atoms with Gasteiger partial charge >= 0.3 is 0 Å². The van der Waals surface area contributed by atoms with Crippen LogP contribution in [-0.2, 0) is 9.59 Å². The van der Waals surface area contributed by atoms with Gasteiger partial charge in [-0.25, -0.2) is 4.99 Å². The Balaban J connectivity index is 1.62. The number of hydrogen-bond acceptors (Lipinski definition) is 5. The standard InChI is InChI=1S/C24H26N4O2S/c1-14(2)13-20-23(30)27-21-17-10-6-8-12-19(17)26-24(28(20)21)31-16(4)22(29)25-18-11-7-5-9-15(18)3/h5-12,14,16,20H,13H2,1-4H3,(H,25,29). The number of benzene rings is 2. The molecule has 0 fully saturated rings. The van der Waals surface area contributed by atoms with Gasteiger partial charge in [-0.2, -0.15) is 4.99 Å². The highest BCUT2D eigenvalue weighted by Gasteiger charge is 2.42. The molecule has 6 nitrogen and oxygen atoms in total. The smallest absolute Gasteiger partial charge is 0.270 e. The van der Waals surface area contributed by atoms with Crippen molar-refractivity contribution in [1.82, 2.24) is 4.90 Å². The number of nitrogens with one attached hydrogen (secondary N) is 1. The molecule has 2 aliphatic rings. The number of carbonyl (C=O) groups is 2. The number of rotatable bonds is 5. The molecule has 2 aliphatic heterocycles. The first-order valence-corrected chi connectivity index (χ1v) is 11.4. The first-order chi connectivity index (χ1) is 14.8. The average Bonchev–Trinajstić information content (AvgIpc) is 3.05. The fraction of sp³-hybridized carbons (Fsp3) is 0.333. The molecule has 0 bridgehead atoms. The van der Waals surface area contributed by atoms with Gasteiger partial charge in [0.1, 0.15) is 11.9 Å². The van der Waals surface area contributed by atoms with Crippen molar-refractivity contribution in [1.29, 1.82) is 0 Å². The molecule has 2 heterocycles. The Labute approximate surface area is 186 Å². The summed E-state index contributed by atoms with van der Waals surface area (Å²) in [5.74, 6) is 0.708. The van der Waals surface area contributed by atoms with E-state index in [1.165, 1.54) is 11.8 Å². The maximum absolute atomic E-state index is 12.9. The largest absolute Gasteiger partial charge is 0.325 e. The van der Waals surface area contributed by atoms with Gasteiger partial charge in [0.15, 0.2) is 5.17 Å². The highest BCUT2D eigenvalue weighted by molar-refractivity contribution is 8.14. The Kier molecular flexibility index (Phi) is 5.96. The van der Waals surface area contributed by atoms with E-state index in [4.69, 9.17) is 4.99 Å². The third-order valence-corrected chi connectivity index (χ3v) is 6.42. The molecule has 0 saturated heterocycles. The lowest BCUT2D eigenvalue weighted by Gasteiger charge is -2.32. The first-order valence-electron chi connectivity index (χ1n) is 10.5. The van der Waals surface area contributed by atoms with Gasteiger partial charge in [-0.1, -0.05) is 55.9 Å². The van der Waals surface area contributed by atoms with Crippen molar-refractivity contribution in [2.24, 2.45) is 15.9 Å². The molecule has 0 spiro atoms. The van der Waals surface area contributed by atoms with Crippen LogP contribution < -0.4 is 5.32 Å². The van der Waals surface area contributed by atoms with Gasteiger partial charge in [0, 0.05) is 11.3 Å². The van der Waals surface area contributed by atoms with Crippen LogP contribution in [0.4, 0.5) is 11.4 Å². The van der Waals surface area contributed by atoms with Crippen molar-refractivity contribution >= 4 is 46.0 Å². The van der Waals surface area contributed by atoms with E-state index in [9.17, 15) is 9.59 Å². The number of amidine groups is 2. The molecular weight excluding hydrogens is 408 g/mol. The minimum absolute atomic E-state index is 0.106. The lowest BCUT2D eigenvalue weighted by atomic mass is 10.0. The molecule has 7 heteroatoms. The molecule has 2 aromatic carbocycles. The molecule has 2 aromatic rings. The summed E-state index contributed by atoms with van der Waals surface area (Å²) in [6.07, 6.45) is 0.678. The third kappa shape index (κ3) is 4.28. The highest BCUT2D eigenvalue weighted by atomic mass is 32.2. The zero-order valence-corrected chi connectivity index (χ0v) is 18.9. The second-order valence-electron chi connectivity index (χ2n) is 8.26. The Hall–Kier alpha value is -2.93. The predicted octanol–water partition coefficient (Wildman–Crippen LogP) is 4.76. The molecule has 160 valence electrons. The van der Waals surface area contributed by atoms with Crippen LogP contribution >= 0.6 is 11.8 Å². The molecule has 4 rings (SSSR count). The number of aryl methyl sites for hydroxylation is 1. The number of nitrogens with zero attached hydrogens (tertiary/aromatic N) is 3. The third-order valence-electron chi connectivity index (χ3n) is 5.36. The molecule has 31 heavy (non-hydrogen) atoms. The van der Waals surface area contributed by atoms with Crippen molar-refractivity contribution in [2.45, 2.75) is 45.4 Å². The number of amides is 2. The van der Waals surface area contributed by atoms with E-state index in [1.54, 1.807) is 0 Å². The number of aliphatic imine (C=N–C) groups is 2. The van der Waals surface area contributed by atoms with Crippen LogP contribution in [0, 0.1) is 12.8 Å². The van der Waals surface area contributed by atoms with Gasteiger partial charge in [0.05, 0.1) is 10.9 Å². The second-order valence-corrected chi connectivity index (χ2v) is 9.57. The van der Waals surface area contributed by atoms with E-state index >= 15 is 0 Å². The topological polar surface area (TPSA) is 74.1 Å². The molecule has 2 unspecified atom stereocenters. The Bertz CT molecular complexity index is 1090. The van der Waals surface area contributed by atoms with E-state index in [0.29, 0.717) is 23.3 Å². The van der Waals surface area contributed by atoms with Crippen molar-refractivity contribution in [3.05, 3.63) is 59.7 Å². The average molecular weight is 435 g/mol. The number of anilines is 1. The SMILES string of the molecule is Cc1ccccc1NC(=O)C(C)SC1=Nc2ccccc2C2=NC(=O)C(CC(C)C)N12. The monoisotopic (exact) mass is 434 g/mol. The summed E-state index contributed by atoms with van der Waals surface area (Å²) >= 11 is 1.36. The summed E-state index contributed by atoms with van der Waals surface area (Å²) in [7, 11) is 0. The number of hydrogen-bond donors (Lipinski definition) is 1. The van der Waals surface area contributed by atoms with E-state index in [1.807, 2.05) is 67.3 Å². The summed E-state index contributed by atoms with van der Waals surface area (Å²) in [6, 6.07) is 15.0. The van der Waals surface area contributed by atoms with Gasteiger partial charge in [0.25, 0.3) is 5.91 Å². The lowest BCUT2D eigenvalue weighted by Crippen LogP contribution is -2.45. The number of carbonyl (C=O) groups excluding carboxylic acids is 2.